The summed E-state index contributed by atoms with van der Waals surface area (Å²) in [6, 6.07) is 5.27. The topological polar surface area (TPSA) is 103 Å². The predicted molar refractivity (Wildman–Crippen MR) is 72.8 cm³/mol. The van der Waals surface area contributed by atoms with Gasteiger partial charge in [-0.1, -0.05) is 0 Å². The van der Waals surface area contributed by atoms with Crippen molar-refractivity contribution >= 4 is 22.5 Å². The number of carbonyl (C=O) groups is 1. The number of aliphatic hydroxyl groups is 2. The number of rotatable bonds is 5. The van der Waals surface area contributed by atoms with Crippen molar-refractivity contribution in [2.45, 2.75) is 0 Å². The molecule has 0 spiro atoms. The smallest absolute Gasteiger partial charge is 0.256 e. The molecule has 0 aliphatic carbocycles. The van der Waals surface area contributed by atoms with E-state index in [0.717, 1.165) is 10.9 Å². The van der Waals surface area contributed by atoms with Crippen LogP contribution < -0.4 is 5.73 Å². The van der Waals surface area contributed by atoms with Gasteiger partial charge in [-0.25, -0.2) is 0 Å². The summed E-state index contributed by atoms with van der Waals surface area (Å²) in [5, 5.41) is 18.7. The monoisotopic (exact) mass is 263 g/mol. The number of nitrogen functional groups attached to an aromatic ring is 1. The van der Waals surface area contributed by atoms with Gasteiger partial charge in [0.2, 0.25) is 0 Å². The number of nitrogens with one attached hydrogen (secondary N) is 1. The number of hydrogen-bond donors (Lipinski definition) is 4. The number of nitrogens with two attached hydrogens (primary N) is 1. The number of H-pyrrole nitrogens is 1. The van der Waals surface area contributed by atoms with Gasteiger partial charge in [-0.05, 0) is 18.2 Å². The number of fused-ring (bicyclic) bond motifs is 1. The van der Waals surface area contributed by atoms with Gasteiger partial charge < -0.3 is 25.8 Å². The van der Waals surface area contributed by atoms with Crippen LogP contribution in [0.15, 0.2) is 24.4 Å². The van der Waals surface area contributed by atoms with E-state index in [0.29, 0.717) is 11.3 Å². The van der Waals surface area contributed by atoms with Gasteiger partial charge in [0.1, 0.15) is 0 Å². The van der Waals surface area contributed by atoms with E-state index in [9.17, 15) is 4.79 Å². The fourth-order valence-corrected chi connectivity index (χ4v) is 2.05. The van der Waals surface area contributed by atoms with Gasteiger partial charge in [0.25, 0.3) is 5.91 Å². The summed E-state index contributed by atoms with van der Waals surface area (Å²) in [6.07, 6.45) is 1.62. The Balaban J connectivity index is 2.34. The highest BCUT2D eigenvalue weighted by molar-refractivity contribution is 6.07. The van der Waals surface area contributed by atoms with Crippen molar-refractivity contribution in [3.63, 3.8) is 0 Å². The number of amides is 1. The zero-order valence-electron chi connectivity index (χ0n) is 10.5. The van der Waals surface area contributed by atoms with Gasteiger partial charge in [-0.3, -0.25) is 4.79 Å². The molecule has 0 bridgehead atoms. The highest BCUT2D eigenvalue weighted by Crippen LogP contribution is 2.21. The lowest BCUT2D eigenvalue weighted by atomic mass is 10.1. The molecule has 1 aromatic carbocycles. The molecule has 0 aliphatic heterocycles. The minimum atomic E-state index is -0.223. The summed E-state index contributed by atoms with van der Waals surface area (Å²) in [4.78, 5) is 16.7. The highest BCUT2D eigenvalue weighted by Gasteiger charge is 2.18. The number of carbonyl (C=O) groups excluding carboxylic acids is 1. The van der Waals surface area contributed by atoms with Crippen molar-refractivity contribution in [1.82, 2.24) is 9.88 Å². The molecule has 0 atom stereocenters. The van der Waals surface area contributed by atoms with Gasteiger partial charge in [0.05, 0.1) is 18.8 Å². The van der Waals surface area contributed by atoms with Gasteiger partial charge >= 0.3 is 0 Å². The van der Waals surface area contributed by atoms with Crippen molar-refractivity contribution < 1.29 is 15.0 Å². The molecule has 0 aliphatic rings. The number of nitrogens with zero attached hydrogens (tertiary/aromatic N) is 1. The molecule has 0 unspecified atom stereocenters. The Labute approximate surface area is 110 Å². The maximum Gasteiger partial charge on any atom is 0.256 e. The molecule has 5 N–H and O–H groups in total. The first kappa shape index (κ1) is 13.4. The fourth-order valence-electron chi connectivity index (χ4n) is 2.05. The minimum absolute atomic E-state index is 0.138. The van der Waals surface area contributed by atoms with E-state index in [1.165, 1.54) is 4.90 Å². The summed E-state index contributed by atoms with van der Waals surface area (Å²) in [6.45, 7) is 0.115. The summed E-state index contributed by atoms with van der Waals surface area (Å²) in [5.41, 5.74) is 7.60. The first-order chi connectivity index (χ1) is 9.17. The largest absolute Gasteiger partial charge is 0.399 e. The van der Waals surface area contributed by atoms with Crippen molar-refractivity contribution in [3.05, 3.63) is 30.0 Å². The fraction of sp³-hybridized carbons (Fsp3) is 0.308. The molecule has 0 radical (unpaired) electrons. The van der Waals surface area contributed by atoms with Crippen molar-refractivity contribution in [1.29, 1.82) is 0 Å². The van der Waals surface area contributed by atoms with E-state index >= 15 is 0 Å². The lowest BCUT2D eigenvalue weighted by molar-refractivity contribution is 0.0687. The third-order valence-electron chi connectivity index (χ3n) is 2.96. The number of aliphatic hydroxyl groups excluding tert-OH is 2. The normalized spacial score (nSPS) is 10.8. The minimum Gasteiger partial charge on any atom is -0.399 e. The molecular formula is C13H17N3O3. The molecule has 19 heavy (non-hydrogen) atoms. The molecule has 2 aromatic rings. The summed E-state index contributed by atoms with van der Waals surface area (Å²) < 4.78 is 0. The van der Waals surface area contributed by atoms with Gasteiger partial charge in [-0.2, -0.15) is 0 Å². The molecule has 102 valence electrons. The summed E-state index contributed by atoms with van der Waals surface area (Å²) >= 11 is 0. The zero-order chi connectivity index (χ0) is 13.8. The third-order valence-corrected chi connectivity index (χ3v) is 2.96. The lowest BCUT2D eigenvalue weighted by Gasteiger charge is -2.20. The van der Waals surface area contributed by atoms with Gasteiger partial charge in [0, 0.05) is 35.9 Å². The van der Waals surface area contributed by atoms with Crippen LogP contribution >= 0.6 is 0 Å². The van der Waals surface area contributed by atoms with E-state index < -0.39 is 0 Å². The Morgan fingerprint density at radius 2 is 1.95 bits per heavy atom. The Morgan fingerprint density at radius 3 is 2.58 bits per heavy atom. The van der Waals surface area contributed by atoms with Crippen molar-refractivity contribution in [2.75, 3.05) is 32.0 Å². The van der Waals surface area contributed by atoms with E-state index in [1.54, 1.807) is 24.4 Å². The average Bonchev–Trinajstić information content (AvgIpc) is 2.80. The van der Waals surface area contributed by atoms with Crippen LogP contribution in [-0.2, 0) is 0 Å². The molecule has 0 saturated heterocycles. The molecule has 1 heterocycles. The van der Waals surface area contributed by atoms with Crippen LogP contribution in [0.3, 0.4) is 0 Å². The molecule has 6 heteroatoms. The van der Waals surface area contributed by atoms with Crippen molar-refractivity contribution in [3.8, 4) is 0 Å². The van der Waals surface area contributed by atoms with Crippen LogP contribution in [0.25, 0.3) is 10.9 Å². The molecule has 1 aromatic heterocycles. The van der Waals surface area contributed by atoms with Crippen LogP contribution in [0.5, 0.6) is 0 Å². The second kappa shape index (κ2) is 5.73. The number of benzene rings is 1. The molecule has 1 amide bonds. The SMILES string of the molecule is Nc1ccc2c(C(=O)N(CCO)CCO)c[nH]c2c1. The van der Waals surface area contributed by atoms with Crippen LogP contribution in [0, 0.1) is 0 Å². The molecule has 0 saturated carbocycles. The lowest BCUT2D eigenvalue weighted by Crippen LogP contribution is -2.35. The number of aromatic nitrogens is 1. The quantitative estimate of drug-likeness (QED) is 0.578. The highest BCUT2D eigenvalue weighted by atomic mass is 16.3. The number of anilines is 1. The van der Waals surface area contributed by atoms with E-state index in [-0.39, 0.29) is 32.2 Å². The molecule has 0 fully saturated rings. The third kappa shape index (κ3) is 2.69. The Hall–Kier alpha value is -2.05. The first-order valence-electron chi connectivity index (χ1n) is 6.05. The molecule has 2 rings (SSSR count). The summed E-state index contributed by atoms with van der Waals surface area (Å²) in [7, 11) is 0. The standard InChI is InChI=1S/C13H17N3O3/c14-9-1-2-10-11(8-15-12(10)7-9)13(19)16(3-5-17)4-6-18/h1-2,7-8,15,17-18H,3-6,14H2. The van der Waals surface area contributed by atoms with Gasteiger partial charge in [0.15, 0.2) is 0 Å². The Kier molecular flexibility index (Phi) is 4.03. The van der Waals surface area contributed by atoms with Crippen molar-refractivity contribution in [2.24, 2.45) is 0 Å². The van der Waals surface area contributed by atoms with E-state index in [2.05, 4.69) is 4.98 Å². The Bertz CT molecular complexity index is 574. The predicted octanol–water partition coefficient (Wildman–Crippen LogP) is 0.177. The average molecular weight is 263 g/mol. The molecular weight excluding hydrogens is 246 g/mol. The second-order valence-electron chi connectivity index (χ2n) is 4.25. The number of aromatic amines is 1. The summed E-state index contributed by atoms with van der Waals surface area (Å²) in [5.74, 6) is -0.223. The van der Waals surface area contributed by atoms with Crippen LogP contribution in [0.4, 0.5) is 5.69 Å². The zero-order valence-corrected chi connectivity index (χ0v) is 10.5. The van der Waals surface area contributed by atoms with Crippen LogP contribution in [0.2, 0.25) is 0 Å². The van der Waals surface area contributed by atoms with E-state index in [1.807, 2.05) is 0 Å². The van der Waals surface area contributed by atoms with Crippen LogP contribution in [-0.4, -0.2) is 52.3 Å². The van der Waals surface area contributed by atoms with Gasteiger partial charge in [-0.15, -0.1) is 0 Å². The van der Waals surface area contributed by atoms with E-state index in [4.69, 9.17) is 15.9 Å². The maximum absolute atomic E-state index is 12.3. The number of hydrogen-bond acceptors (Lipinski definition) is 4. The maximum atomic E-state index is 12.3. The Morgan fingerprint density at radius 1 is 1.26 bits per heavy atom. The second-order valence-corrected chi connectivity index (χ2v) is 4.25. The molecule has 6 nitrogen and oxygen atoms in total. The van der Waals surface area contributed by atoms with Crippen LogP contribution in [0.1, 0.15) is 10.4 Å². The first-order valence-corrected chi connectivity index (χ1v) is 6.05.